The molecule has 0 aliphatic carbocycles. The van der Waals surface area contributed by atoms with E-state index in [9.17, 15) is 9.90 Å². The molecule has 16 heavy (non-hydrogen) atoms. The minimum atomic E-state index is -1.56. The van der Waals surface area contributed by atoms with Gasteiger partial charge in [0.2, 0.25) is 0 Å². The molecule has 0 fully saturated rings. The second kappa shape index (κ2) is 4.40. The zero-order valence-electron chi connectivity index (χ0n) is 8.14. The van der Waals surface area contributed by atoms with Crippen LogP contribution < -0.4 is 4.74 Å². The Morgan fingerprint density at radius 2 is 2.25 bits per heavy atom. The molecule has 86 valence electrons. The summed E-state index contributed by atoms with van der Waals surface area (Å²) in [6.45, 7) is 0.550. The molecule has 0 aromatic heterocycles. The Bertz CT molecular complexity index is 431. The third kappa shape index (κ3) is 2.04. The maximum Gasteiger partial charge on any atom is 0.337 e. The summed E-state index contributed by atoms with van der Waals surface area (Å²) in [5.74, 6) is -0.752. The molecule has 1 aliphatic heterocycles. The highest BCUT2D eigenvalue weighted by Crippen LogP contribution is 2.33. The van der Waals surface area contributed by atoms with E-state index in [4.69, 9.17) is 14.6 Å². The van der Waals surface area contributed by atoms with E-state index in [0.717, 1.165) is 5.56 Å². The van der Waals surface area contributed by atoms with Gasteiger partial charge < -0.3 is 19.7 Å². The van der Waals surface area contributed by atoms with E-state index in [2.05, 4.69) is 15.9 Å². The van der Waals surface area contributed by atoms with Gasteiger partial charge in [-0.05, 0) is 12.1 Å². The quantitative estimate of drug-likeness (QED) is 0.861. The summed E-state index contributed by atoms with van der Waals surface area (Å²) >= 11 is 3.21. The summed E-state index contributed by atoms with van der Waals surface area (Å²) in [4.78, 5) is 10.7. The van der Waals surface area contributed by atoms with Gasteiger partial charge in [0.1, 0.15) is 5.75 Å². The zero-order valence-corrected chi connectivity index (χ0v) is 9.73. The van der Waals surface area contributed by atoms with Crippen LogP contribution in [-0.4, -0.2) is 23.0 Å². The summed E-state index contributed by atoms with van der Waals surface area (Å²) in [5.41, 5.74) is 1.09. The van der Waals surface area contributed by atoms with Gasteiger partial charge in [0.15, 0.2) is 12.9 Å². The summed E-state index contributed by atoms with van der Waals surface area (Å²) in [7, 11) is 0. The number of fused-ring (bicyclic) bond motifs is 1. The van der Waals surface area contributed by atoms with E-state index in [1.807, 2.05) is 0 Å². The fourth-order valence-corrected chi connectivity index (χ4v) is 2.06. The highest BCUT2D eigenvalue weighted by atomic mass is 79.9. The van der Waals surface area contributed by atoms with Crippen molar-refractivity contribution in [1.29, 1.82) is 0 Å². The van der Waals surface area contributed by atoms with E-state index in [1.54, 1.807) is 6.07 Å². The lowest BCUT2D eigenvalue weighted by Crippen LogP contribution is -2.15. The summed E-state index contributed by atoms with van der Waals surface area (Å²) in [5, 5.41) is 18.2. The summed E-state index contributed by atoms with van der Waals surface area (Å²) in [6, 6.07) is 3.21. The van der Waals surface area contributed by atoms with Crippen LogP contribution >= 0.6 is 15.9 Å². The number of rotatable bonds is 2. The molecular weight excluding hydrogens is 280 g/mol. The van der Waals surface area contributed by atoms with Crippen LogP contribution in [0, 0.1) is 0 Å². The van der Waals surface area contributed by atoms with Gasteiger partial charge in [0.25, 0.3) is 0 Å². The van der Waals surface area contributed by atoms with Gasteiger partial charge >= 0.3 is 5.97 Å². The second-order valence-corrected chi connectivity index (χ2v) is 4.19. The van der Waals surface area contributed by atoms with E-state index < -0.39 is 12.1 Å². The number of aliphatic hydroxyl groups excluding tert-OH is 1. The number of ether oxygens (including phenoxy) is 2. The highest BCUT2D eigenvalue weighted by molar-refractivity contribution is 9.10. The van der Waals surface area contributed by atoms with Gasteiger partial charge in [-0.25, -0.2) is 4.79 Å². The maximum absolute atomic E-state index is 10.7. The minimum Gasteiger partial charge on any atom is -0.479 e. The number of halogens is 1. The zero-order chi connectivity index (χ0) is 11.7. The van der Waals surface area contributed by atoms with Gasteiger partial charge in [0, 0.05) is 15.6 Å². The molecule has 1 atom stereocenters. The Morgan fingerprint density at radius 1 is 1.50 bits per heavy atom. The van der Waals surface area contributed by atoms with Crippen molar-refractivity contribution in [3.63, 3.8) is 0 Å². The lowest BCUT2D eigenvalue weighted by molar-refractivity contribution is -0.147. The Kier molecular flexibility index (Phi) is 3.13. The topological polar surface area (TPSA) is 76.0 Å². The van der Waals surface area contributed by atoms with Crippen molar-refractivity contribution < 1.29 is 24.5 Å². The largest absolute Gasteiger partial charge is 0.479 e. The Hall–Kier alpha value is -1.11. The standard InChI is InChI=1S/C10H9BrO5/c11-7-1-5-3-15-4-16-8(5)2-6(7)9(12)10(13)14/h1-2,9,12H,3-4H2,(H,13,14). The first-order chi connectivity index (χ1) is 7.59. The van der Waals surface area contributed by atoms with Crippen LogP contribution in [0.5, 0.6) is 5.75 Å². The van der Waals surface area contributed by atoms with Gasteiger partial charge in [-0.3, -0.25) is 0 Å². The molecule has 2 rings (SSSR count). The molecule has 2 N–H and O–H groups in total. The van der Waals surface area contributed by atoms with E-state index in [-0.39, 0.29) is 12.4 Å². The maximum atomic E-state index is 10.7. The number of benzene rings is 1. The van der Waals surface area contributed by atoms with Gasteiger partial charge in [-0.15, -0.1) is 0 Å². The van der Waals surface area contributed by atoms with E-state index >= 15 is 0 Å². The molecule has 0 saturated carbocycles. The fraction of sp³-hybridized carbons (Fsp3) is 0.300. The average Bonchev–Trinajstić information content (AvgIpc) is 2.27. The molecule has 0 amide bonds. The number of carboxylic acid groups (broad SMARTS) is 1. The van der Waals surface area contributed by atoms with Crippen molar-refractivity contribution >= 4 is 21.9 Å². The molecule has 1 aromatic rings. The van der Waals surface area contributed by atoms with Crippen LogP contribution in [0.1, 0.15) is 17.2 Å². The third-order valence-electron chi connectivity index (χ3n) is 2.26. The first-order valence-electron chi connectivity index (χ1n) is 4.53. The molecule has 0 saturated heterocycles. The summed E-state index contributed by atoms with van der Waals surface area (Å²) in [6.07, 6.45) is -1.56. The number of hydrogen-bond donors (Lipinski definition) is 2. The Morgan fingerprint density at radius 3 is 2.94 bits per heavy atom. The molecule has 1 aliphatic rings. The SMILES string of the molecule is O=C(O)C(O)c1cc2c(cc1Br)COCO2. The lowest BCUT2D eigenvalue weighted by atomic mass is 10.1. The molecule has 5 nitrogen and oxygen atoms in total. The van der Waals surface area contributed by atoms with Crippen molar-refractivity contribution in [3.8, 4) is 5.75 Å². The van der Waals surface area contributed by atoms with Crippen molar-refractivity contribution in [2.24, 2.45) is 0 Å². The van der Waals surface area contributed by atoms with E-state index in [0.29, 0.717) is 16.8 Å². The van der Waals surface area contributed by atoms with Crippen molar-refractivity contribution in [3.05, 3.63) is 27.7 Å². The minimum absolute atomic E-state index is 0.136. The first kappa shape index (κ1) is 11.4. The van der Waals surface area contributed by atoms with Crippen LogP contribution in [0.2, 0.25) is 0 Å². The Labute approximate surface area is 99.7 Å². The molecule has 0 bridgehead atoms. The number of hydrogen-bond acceptors (Lipinski definition) is 4. The third-order valence-corrected chi connectivity index (χ3v) is 2.95. The van der Waals surface area contributed by atoms with Gasteiger partial charge in [-0.2, -0.15) is 0 Å². The molecule has 6 heteroatoms. The second-order valence-electron chi connectivity index (χ2n) is 3.33. The predicted octanol–water partition coefficient (Wildman–Crippen LogP) is 1.43. The number of carbonyl (C=O) groups is 1. The van der Waals surface area contributed by atoms with Crippen molar-refractivity contribution in [1.82, 2.24) is 0 Å². The Balaban J connectivity index is 2.43. The van der Waals surface area contributed by atoms with Crippen molar-refractivity contribution in [2.45, 2.75) is 12.7 Å². The van der Waals surface area contributed by atoms with Crippen LogP contribution in [-0.2, 0) is 16.1 Å². The predicted molar refractivity (Wildman–Crippen MR) is 57.0 cm³/mol. The van der Waals surface area contributed by atoms with Gasteiger partial charge in [0.05, 0.1) is 6.61 Å². The fourth-order valence-electron chi connectivity index (χ4n) is 1.46. The van der Waals surface area contributed by atoms with Crippen LogP contribution in [0.4, 0.5) is 0 Å². The molecule has 0 spiro atoms. The monoisotopic (exact) mass is 288 g/mol. The van der Waals surface area contributed by atoms with E-state index in [1.165, 1.54) is 6.07 Å². The average molecular weight is 289 g/mol. The molecule has 1 heterocycles. The van der Waals surface area contributed by atoms with Crippen molar-refractivity contribution in [2.75, 3.05) is 6.79 Å². The number of aliphatic carboxylic acids is 1. The molecular formula is C10H9BrO5. The van der Waals surface area contributed by atoms with Gasteiger partial charge in [-0.1, -0.05) is 15.9 Å². The van der Waals surface area contributed by atoms with Crippen LogP contribution in [0.3, 0.4) is 0 Å². The normalized spacial score (nSPS) is 16.1. The number of aliphatic hydroxyl groups is 1. The van der Waals surface area contributed by atoms with Crippen LogP contribution in [0.15, 0.2) is 16.6 Å². The highest BCUT2D eigenvalue weighted by Gasteiger charge is 2.22. The smallest absolute Gasteiger partial charge is 0.337 e. The number of carboxylic acids is 1. The molecule has 1 unspecified atom stereocenters. The first-order valence-corrected chi connectivity index (χ1v) is 5.32. The summed E-state index contributed by atoms with van der Waals surface area (Å²) < 4.78 is 10.8. The van der Waals surface area contributed by atoms with Crippen LogP contribution in [0.25, 0.3) is 0 Å². The molecule has 0 radical (unpaired) electrons. The molecule has 1 aromatic carbocycles. The lowest BCUT2D eigenvalue weighted by Gasteiger charge is -2.20.